The van der Waals surface area contributed by atoms with E-state index in [1.54, 1.807) is 7.11 Å². The molecule has 19 heavy (non-hydrogen) atoms. The number of aliphatic imine (C=N–C) groups is 1. The molecule has 0 amide bonds. The lowest BCUT2D eigenvalue weighted by molar-refractivity contribution is 0.180. The number of hydrogen-bond acceptors (Lipinski definition) is 3. The average Bonchev–Trinajstić information content (AvgIpc) is 2.36. The summed E-state index contributed by atoms with van der Waals surface area (Å²) in [5.41, 5.74) is 0. The van der Waals surface area contributed by atoms with Crippen LogP contribution in [0.4, 0.5) is 0 Å². The highest BCUT2D eigenvalue weighted by atomic mass is 127. The zero-order chi connectivity index (χ0) is 13.6. The van der Waals surface area contributed by atoms with Gasteiger partial charge in [0.05, 0.1) is 6.54 Å². The molecule has 5 nitrogen and oxygen atoms in total. The van der Waals surface area contributed by atoms with Crippen molar-refractivity contribution in [3.05, 3.63) is 12.7 Å². The van der Waals surface area contributed by atoms with E-state index in [0.717, 1.165) is 51.7 Å². The van der Waals surface area contributed by atoms with E-state index >= 15 is 0 Å². The molecule has 0 radical (unpaired) electrons. The molecule has 0 atom stereocenters. The van der Waals surface area contributed by atoms with Gasteiger partial charge in [0.1, 0.15) is 0 Å². The van der Waals surface area contributed by atoms with Gasteiger partial charge in [-0.05, 0) is 20.4 Å². The zero-order valence-electron chi connectivity index (χ0n) is 12.4. The number of rotatable bonds is 10. The van der Waals surface area contributed by atoms with Crippen LogP contribution in [0.3, 0.4) is 0 Å². The summed E-state index contributed by atoms with van der Waals surface area (Å²) in [6.07, 6.45) is 2.88. The standard InChI is InChI=1S/C13H28N4O.HI/c1-5-8-15-13(14-6-2)16-9-11-17(3)10-7-12-18-4;/h5H,1,6-12H2,2-4H3,(H2,14,15,16);1H. The van der Waals surface area contributed by atoms with E-state index in [1.165, 1.54) is 0 Å². The fourth-order valence-corrected chi connectivity index (χ4v) is 1.43. The molecule has 0 aromatic carbocycles. The summed E-state index contributed by atoms with van der Waals surface area (Å²) in [5.74, 6) is 0.850. The van der Waals surface area contributed by atoms with Crippen molar-refractivity contribution in [1.29, 1.82) is 0 Å². The van der Waals surface area contributed by atoms with Gasteiger partial charge in [-0.15, -0.1) is 30.6 Å². The second-order valence-corrected chi connectivity index (χ2v) is 4.08. The molecule has 114 valence electrons. The Morgan fingerprint density at radius 3 is 2.68 bits per heavy atom. The van der Waals surface area contributed by atoms with E-state index in [-0.39, 0.29) is 24.0 Å². The van der Waals surface area contributed by atoms with Crippen LogP contribution in [0.25, 0.3) is 0 Å². The SMILES string of the molecule is C=CCNC(=NCCN(C)CCCOC)NCC.I. The van der Waals surface area contributed by atoms with E-state index in [9.17, 15) is 0 Å². The minimum absolute atomic E-state index is 0. The van der Waals surface area contributed by atoms with Crippen molar-refractivity contribution in [2.45, 2.75) is 13.3 Å². The van der Waals surface area contributed by atoms with Crippen LogP contribution in [0.15, 0.2) is 17.6 Å². The van der Waals surface area contributed by atoms with Crippen molar-refractivity contribution >= 4 is 29.9 Å². The van der Waals surface area contributed by atoms with E-state index in [0.29, 0.717) is 0 Å². The highest BCUT2D eigenvalue weighted by Gasteiger charge is 1.98. The summed E-state index contributed by atoms with van der Waals surface area (Å²) in [7, 11) is 3.84. The number of likely N-dealkylation sites (N-methyl/N-ethyl adjacent to an activating group) is 1. The third-order valence-corrected chi connectivity index (χ3v) is 2.40. The van der Waals surface area contributed by atoms with Gasteiger partial charge in [0.15, 0.2) is 5.96 Å². The Labute approximate surface area is 134 Å². The Morgan fingerprint density at radius 1 is 1.37 bits per heavy atom. The third-order valence-electron chi connectivity index (χ3n) is 2.40. The van der Waals surface area contributed by atoms with Gasteiger partial charge in [-0.1, -0.05) is 6.08 Å². The maximum Gasteiger partial charge on any atom is 0.191 e. The largest absolute Gasteiger partial charge is 0.385 e. The lowest BCUT2D eigenvalue weighted by Crippen LogP contribution is -2.38. The summed E-state index contributed by atoms with van der Waals surface area (Å²) >= 11 is 0. The monoisotopic (exact) mass is 384 g/mol. The number of halogens is 1. The quantitative estimate of drug-likeness (QED) is 0.196. The molecule has 0 bridgehead atoms. The third kappa shape index (κ3) is 13.9. The first-order chi connectivity index (χ1) is 8.74. The fraction of sp³-hybridized carbons (Fsp3) is 0.769. The highest BCUT2D eigenvalue weighted by molar-refractivity contribution is 14.0. The van der Waals surface area contributed by atoms with Crippen LogP contribution in [0.2, 0.25) is 0 Å². The molecule has 2 N–H and O–H groups in total. The molecule has 0 aliphatic rings. The molecule has 0 unspecified atom stereocenters. The van der Waals surface area contributed by atoms with E-state index in [4.69, 9.17) is 4.74 Å². The molecule has 0 saturated heterocycles. The topological polar surface area (TPSA) is 48.9 Å². The summed E-state index contributed by atoms with van der Waals surface area (Å²) < 4.78 is 5.03. The first-order valence-electron chi connectivity index (χ1n) is 6.55. The minimum atomic E-state index is 0. The van der Waals surface area contributed by atoms with Gasteiger partial charge in [0.2, 0.25) is 0 Å². The molecule has 0 rings (SSSR count). The van der Waals surface area contributed by atoms with Crippen LogP contribution in [-0.2, 0) is 4.74 Å². The molecule has 6 heteroatoms. The second-order valence-electron chi connectivity index (χ2n) is 4.08. The Balaban J connectivity index is 0. The van der Waals surface area contributed by atoms with Crippen LogP contribution in [0.1, 0.15) is 13.3 Å². The molecular formula is C13H29IN4O. The zero-order valence-corrected chi connectivity index (χ0v) is 14.8. The lowest BCUT2D eigenvalue weighted by atomic mass is 10.4. The number of ether oxygens (including phenoxy) is 1. The van der Waals surface area contributed by atoms with Gasteiger partial charge in [-0.2, -0.15) is 0 Å². The Bertz CT molecular complexity index is 237. The van der Waals surface area contributed by atoms with Crippen LogP contribution >= 0.6 is 24.0 Å². The molecule has 0 aromatic heterocycles. The predicted octanol–water partition coefficient (Wildman–Crippen LogP) is 1.31. The smallest absolute Gasteiger partial charge is 0.191 e. The Kier molecular flexibility index (Phi) is 17.3. The number of hydrogen-bond donors (Lipinski definition) is 2. The fourth-order valence-electron chi connectivity index (χ4n) is 1.43. The average molecular weight is 384 g/mol. The van der Waals surface area contributed by atoms with E-state index in [1.807, 2.05) is 6.08 Å². The van der Waals surface area contributed by atoms with Crippen molar-refractivity contribution in [1.82, 2.24) is 15.5 Å². The Morgan fingerprint density at radius 2 is 2.11 bits per heavy atom. The maximum atomic E-state index is 5.03. The van der Waals surface area contributed by atoms with Gasteiger partial charge in [0.25, 0.3) is 0 Å². The summed E-state index contributed by atoms with van der Waals surface area (Å²) in [4.78, 5) is 6.76. The van der Waals surface area contributed by atoms with Crippen LogP contribution < -0.4 is 10.6 Å². The van der Waals surface area contributed by atoms with Gasteiger partial charge >= 0.3 is 0 Å². The minimum Gasteiger partial charge on any atom is -0.385 e. The number of guanidine groups is 1. The highest BCUT2D eigenvalue weighted by Crippen LogP contribution is 1.88. The number of methoxy groups -OCH3 is 1. The molecule has 0 aliphatic carbocycles. The van der Waals surface area contributed by atoms with Crippen molar-refractivity contribution < 1.29 is 4.74 Å². The van der Waals surface area contributed by atoms with Crippen LogP contribution in [0.5, 0.6) is 0 Å². The molecule has 0 aromatic rings. The van der Waals surface area contributed by atoms with Gasteiger partial charge in [-0.25, -0.2) is 0 Å². The van der Waals surface area contributed by atoms with Crippen molar-refractivity contribution in [2.24, 2.45) is 4.99 Å². The molecule has 0 saturated carbocycles. The van der Waals surface area contributed by atoms with Crippen molar-refractivity contribution in [2.75, 3.05) is 53.5 Å². The van der Waals surface area contributed by atoms with Crippen LogP contribution in [0, 0.1) is 0 Å². The summed E-state index contributed by atoms with van der Waals surface area (Å²) in [6.45, 7) is 10.9. The van der Waals surface area contributed by atoms with Crippen molar-refractivity contribution in [3.63, 3.8) is 0 Å². The molecular weight excluding hydrogens is 355 g/mol. The molecule has 0 heterocycles. The number of nitrogens with one attached hydrogen (secondary N) is 2. The molecule has 0 spiro atoms. The summed E-state index contributed by atoms with van der Waals surface area (Å²) in [5, 5.41) is 6.37. The first kappa shape index (κ1) is 21.0. The van der Waals surface area contributed by atoms with Gasteiger partial charge in [-0.3, -0.25) is 4.99 Å². The summed E-state index contributed by atoms with van der Waals surface area (Å²) in [6, 6.07) is 0. The molecule has 0 aliphatic heterocycles. The van der Waals surface area contributed by atoms with E-state index in [2.05, 4.69) is 41.1 Å². The Hall–Kier alpha value is -0.340. The maximum absolute atomic E-state index is 5.03. The van der Waals surface area contributed by atoms with Gasteiger partial charge < -0.3 is 20.3 Å². The van der Waals surface area contributed by atoms with Crippen molar-refractivity contribution in [3.8, 4) is 0 Å². The lowest BCUT2D eigenvalue weighted by Gasteiger charge is -2.15. The number of nitrogens with zero attached hydrogens (tertiary/aromatic N) is 2. The van der Waals surface area contributed by atoms with Crippen LogP contribution in [-0.4, -0.2) is 64.3 Å². The molecule has 0 fully saturated rings. The normalized spacial score (nSPS) is 11.1. The van der Waals surface area contributed by atoms with E-state index < -0.39 is 0 Å². The second kappa shape index (κ2) is 15.7. The predicted molar refractivity (Wildman–Crippen MR) is 93.6 cm³/mol. The first-order valence-corrected chi connectivity index (χ1v) is 6.55. The van der Waals surface area contributed by atoms with Gasteiger partial charge in [0, 0.05) is 39.9 Å².